The normalized spacial score (nSPS) is 25.6. The fourth-order valence-corrected chi connectivity index (χ4v) is 2.65. The summed E-state index contributed by atoms with van der Waals surface area (Å²) < 4.78 is 24.0. The first-order valence-corrected chi connectivity index (χ1v) is 6.76. The number of nitrogens with one attached hydrogen (secondary N) is 1. The molecule has 0 aromatic rings. The monoisotopic (exact) mass is 220 g/mol. The van der Waals surface area contributed by atoms with Crippen LogP contribution in [0.3, 0.4) is 0 Å². The number of hydrogen-bond acceptors (Lipinski definition) is 3. The van der Waals surface area contributed by atoms with Crippen LogP contribution in [-0.4, -0.2) is 43.6 Å². The van der Waals surface area contributed by atoms with Crippen molar-refractivity contribution in [1.29, 1.82) is 0 Å². The van der Waals surface area contributed by atoms with Crippen LogP contribution in [0.4, 0.5) is 0 Å². The third-order valence-corrected chi connectivity index (χ3v) is 3.53. The Hall–Kier alpha value is -0.130. The molecule has 0 aromatic carbocycles. The van der Waals surface area contributed by atoms with Gasteiger partial charge in [0.15, 0.2) is 0 Å². The van der Waals surface area contributed by atoms with Crippen molar-refractivity contribution < 1.29 is 8.42 Å². The molecule has 1 atom stereocenters. The van der Waals surface area contributed by atoms with Gasteiger partial charge >= 0.3 is 0 Å². The highest BCUT2D eigenvalue weighted by molar-refractivity contribution is 7.88. The molecule has 1 aliphatic heterocycles. The molecule has 0 amide bonds. The first kappa shape index (κ1) is 11.9. The number of hydrogen-bond donors (Lipinski definition) is 1. The molecule has 0 bridgehead atoms. The summed E-state index contributed by atoms with van der Waals surface area (Å²) in [6.45, 7) is 7.53. The van der Waals surface area contributed by atoms with Gasteiger partial charge in [0.2, 0.25) is 10.0 Å². The van der Waals surface area contributed by atoms with Gasteiger partial charge < -0.3 is 5.32 Å². The van der Waals surface area contributed by atoms with Gasteiger partial charge in [-0.15, -0.1) is 0 Å². The van der Waals surface area contributed by atoms with Crippen molar-refractivity contribution in [3.8, 4) is 0 Å². The van der Waals surface area contributed by atoms with Crippen LogP contribution < -0.4 is 5.32 Å². The third-order valence-electron chi connectivity index (χ3n) is 2.26. The number of rotatable bonds is 2. The topological polar surface area (TPSA) is 49.4 Å². The highest BCUT2D eigenvalue weighted by atomic mass is 32.2. The molecular formula is C9H20N2O2S. The summed E-state index contributed by atoms with van der Waals surface area (Å²) in [6, 6.07) is 0.296. The smallest absolute Gasteiger partial charge is 0.211 e. The lowest BCUT2D eigenvalue weighted by Crippen LogP contribution is -2.45. The highest BCUT2D eigenvalue weighted by Crippen LogP contribution is 2.15. The van der Waals surface area contributed by atoms with Crippen LogP contribution >= 0.6 is 0 Å². The van der Waals surface area contributed by atoms with Crippen LogP contribution in [0.1, 0.15) is 27.2 Å². The molecule has 0 aromatic heterocycles. The van der Waals surface area contributed by atoms with E-state index in [0.717, 1.165) is 6.42 Å². The maximum atomic E-state index is 11.2. The zero-order valence-electron chi connectivity index (χ0n) is 9.37. The highest BCUT2D eigenvalue weighted by Gasteiger charge is 2.30. The van der Waals surface area contributed by atoms with Crippen molar-refractivity contribution in [3.05, 3.63) is 0 Å². The van der Waals surface area contributed by atoms with E-state index >= 15 is 0 Å². The fraction of sp³-hybridized carbons (Fsp3) is 1.00. The third kappa shape index (κ3) is 3.55. The average Bonchev–Trinajstić information content (AvgIpc) is 2.29. The van der Waals surface area contributed by atoms with Crippen molar-refractivity contribution in [3.63, 3.8) is 0 Å². The Morgan fingerprint density at radius 2 is 1.93 bits per heavy atom. The molecule has 0 spiro atoms. The Bertz CT molecular complexity index is 292. The van der Waals surface area contributed by atoms with E-state index in [1.165, 1.54) is 10.6 Å². The van der Waals surface area contributed by atoms with Gasteiger partial charge in [0.25, 0.3) is 0 Å². The lowest BCUT2D eigenvalue weighted by molar-refractivity contribution is 0.361. The molecule has 1 rings (SSSR count). The van der Waals surface area contributed by atoms with E-state index in [-0.39, 0.29) is 5.54 Å². The zero-order chi connectivity index (χ0) is 11.0. The van der Waals surface area contributed by atoms with Gasteiger partial charge in [-0.1, -0.05) is 0 Å². The minimum Gasteiger partial charge on any atom is -0.308 e. The van der Waals surface area contributed by atoms with Crippen molar-refractivity contribution in [2.75, 3.05) is 19.3 Å². The van der Waals surface area contributed by atoms with Crippen LogP contribution in [0.15, 0.2) is 0 Å². The quantitative estimate of drug-likeness (QED) is 0.733. The molecule has 4 nitrogen and oxygen atoms in total. The summed E-state index contributed by atoms with van der Waals surface area (Å²) in [5, 5.41) is 3.41. The van der Waals surface area contributed by atoms with Gasteiger partial charge in [0.1, 0.15) is 0 Å². The maximum Gasteiger partial charge on any atom is 0.211 e. The van der Waals surface area contributed by atoms with E-state index in [1.807, 2.05) is 0 Å². The Labute approximate surface area is 86.7 Å². The van der Waals surface area contributed by atoms with Crippen LogP contribution in [0.5, 0.6) is 0 Å². The first-order valence-electron chi connectivity index (χ1n) is 4.91. The molecular weight excluding hydrogens is 200 g/mol. The zero-order valence-corrected chi connectivity index (χ0v) is 10.2. The molecule has 14 heavy (non-hydrogen) atoms. The van der Waals surface area contributed by atoms with Gasteiger partial charge in [-0.05, 0) is 27.2 Å². The molecule has 0 unspecified atom stereocenters. The predicted octanol–water partition coefficient (Wildman–Crippen LogP) is 0.408. The molecule has 0 aliphatic carbocycles. The second kappa shape index (κ2) is 3.79. The standard InChI is InChI=1S/C9H20N2O2S/c1-9(2,3)10-8-5-6-11(7-8)14(4,12)13/h8,10H,5-7H2,1-4H3/t8-/m1/s1. The summed E-state index contributed by atoms with van der Waals surface area (Å²) in [7, 11) is -3.00. The molecule has 0 saturated carbocycles. The molecule has 0 radical (unpaired) electrons. The molecule has 1 saturated heterocycles. The lowest BCUT2D eigenvalue weighted by Gasteiger charge is -2.25. The fourth-order valence-electron chi connectivity index (χ4n) is 1.76. The molecule has 1 heterocycles. The first-order chi connectivity index (χ1) is 6.18. The van der Waals surface area contributed by atoms with E-state index in [1.54, 1.807) is 0 Å². The summed E-state index contributed by atoms with van der Waals surface area (Å²) >= 11 is 0. The van der Waals surface area contributed by atoms with Gasteiger partial charge in [-0.3, -0.25) is 0 Å². The Kier molecular flexibility index (Phi) is 3.23. The van der Waals surface area contributed by atoms with Gasteiger partial charge in [-0.25, -0.2) is 12.7 Å². The summed E-state index contributed by atoms with van der Waals surface area (Å²) in [5.41, 5.74) is 0.0537. The Balaban J connectivity index is 2.51. The maximum absolute atomic E-state index is 11.2. The molecule has 1 N–H and O–H groups in total. The van der Waals surface area contributed by atoms with E-state index in [4.69, 9.17) is 0 Å². The second-order valence-corrected chi connectivity index (χ2v) is 6.98. The van der Waals surface area contributed by atoms with Crippen LogP contribution in [0.25, 0.3) is 0 Å². The van der Waals surface area contributed by atoms with Crippen molar-refractivity contribution >= 4 is 10.0 Å². The second-order valence-electron chi connectivity index (χ2n) is 5.00. The van der Waals surface area contributed by atoms with Crippen LogP contribution in [-0.2, 0) is 10.0 Å². The lowest BCUT2D eigenvalue weighted by atomic mass is 10.1. The van der Waals surface area contributed by atoms with Gasteiger partial charge in [0, 0.05) is 24.7 Å². The summed E-state index contributed by atoms with van der Waals surface area (Å²) in [4.78, 5) is 0. The van der Waals surface area contributed by atoms with Crippen LogP contribution in [0, 0.1) is 0 Å². The minimum atomic E-state index is -3.00. The van der Waals surface area contributed by atoms with E-state index in [9.17, 15) is 8.42 Å². The summed E-state index contributed by atoms with van der Waals surface area (Å²) in [5.74, 6) is 0. The van der Waals surface area contributed by atoms with Crippen molar-refractivity contribution in [2.24, 2.45) is 0 Å². The summed E-state index contributed by atoms with van der Waals surface area (Å²) in [6.07, 6.45) is 2.18. The van der Waals surface area contributed by atoms with Crippen molar-refractivity contribution in [1.82, 2.24) is 9.62 Å². The van der Waals surface area contributed by atoms with E-state index in [0.29, 0.717) is 19.1 Å². The average molecular weight is 220 g/mol. The number of nitrogens with zero attached hydrogens (tertiary/aromatic N) is 1. The van der Waals surface area contributed by atoms with Gasteiger partial charge in [-0.2, -0.15) is 0 Å². The molecule has 5 heteroatoms. The Morgan fingerprint density at radius 3 is 2.29 bits per heavy atom. The van der Waals surface area contributed by atoms with E-state index in [2.05, 4.69) is 26.1 Å². The molecule has 1 fully saturated rings. The van der Waals surface area contributed by atoms with Crippen LogP contribution in [0.2, 0.25) is 0 Å². The molecule has 1 aliphatic rings. The minimum absolute atomic E-state index is 0.0537. The van der Waals surface area contributed by atoms with E-state index < -0.39 is 10.0 Å². The number of sulfonamides is 1. The predicted molar refractivity (Wildman–Crippen MR) is 57.7 cm³/mol. The molecule has 84 valence electrons. The van der Waals surface area contributed by atoms with Gasteiger partial charge in [0.05, 0.1) is 6.26 Å². The van der Waals surface area contributed by atoms with Crippen molar-refractivity contribution in [2.45, 2.75) is 38.8 Å². The Morgan fingerprint density at radius 1 is 1.36 bits per heavy atom. The SMILES string of the molecule is CC(C)(C)N[C@@H]1CCN(S(C)(=O)=O)C1. The largest absolute Gasteiger partial charge is 0.308 e.